The molecule has 19 heavy (non-hydrogen) atoms. The summed E-state index contributed by atoms with van der Waals surface area (Å²) in [5.74, 6) is 0. The van der Waals surface area contributed by atoms with E-state index in [1.165, 1.54) is 16.8 Å². The average Bonchev–Trinajstić information content (AvgIpc) is 2.38. The van der Waals surface area contributed by atoms with E-state index in [9.17, 15) is 0 Å². The van der Waals surface area contributed by atoms with Crippen LogP contribution in [0.3, 0.4) is 0 Å². The first-order valence-electron chi connectivity index (χ1n) is 6.37. The smallest absolute Gasteiger partial charge is 0.0991 e. The number of anilines is 1. The lowest BCUT2D eigenvalue weighted by atomic mass is 10.1. The Kier molecular flexibility index (Phi) is 3.87. The summed E-state index contributed by atoms with van der Waals surface area (Å²) in [7, 11) is 2.08. The van der Waals surface area contributed by atoms with Crippen LogP contribution in [0.25, 0.3) is 0 Å². The fourth-order valence-corrected chi connectivity index (χ4v) is 2.33. The molecular weight excluding hydrogens is 232 g/mol. The molecule has 0 N–H and O–H groups in total. The Bertz CT molecular complexity index is 623. The van der Waals surface area contributed by atoms with Crippen LogP contribution < -0.4 is 4.90 Å². The van der Waals surface area contributed by atoms with Gasteiger partial charge in [-0.3, -0.25) is 0 Å². The van der Waals surface area contributed by atoms with Gasteiger partial charge in [-0.2, -0.15) is 5.26 Å². The van der Waals surface area contributed by atoms with Crippen molar-refractivity contribution < 1.29 is 0 Å². The number of nitriles is 1. The van der Waals surface area contributed by atoms with Crippen molar-refractivity contribution in [2.75, 3.05) is 11.9 Å². The molecule has 0 unspecified atom stereocenters. The van der Waals surface area contributed by atoms with Crippen LogP contribution in [0, 0.1) is 25.2 Å². The molecule has 0 aliphatic heterocycles. The number of aryl methyl sites for hydroxylation is 2. The Hall–Kier alpha value is -2.27. The molecule has 0 saturated carbocycles. The van der Waals surface area contributed by atoms with E-state index in [2.05, 4.69) is 56.1 Å². The maximum absolute atomic E-state index is 8.92. The summed E-state index contributed by atoms with van der Waals surface area (Å²) in [6, 6.07) is 16.4. The highest BCUT2D eigenvalue weighted by Crippen LogP contribution is 2.21. The lowest BCUT2D eigenvalue weighted by Crippen LogP contribution is -2.17. The van der Waals surface area contributed by atoms with Crippen molar-refractivity contribution in [2.24, 2.45) is 0 Å². The van der Waals surface area contributed by atoms with Gasteiger partial charge in [0.05, 0.1) is 11.6 Å². The average molecular weight is 250 g/mol. The second-order valence-corrected chi connectivity index (χ2v) is 4.96. The fourth-order valence-electron chi connectivity index (χ4n) is 2.33. The van der Waals surface area contributed by atoms with Crippen LogP contribution in [0.5, 0.6) is 0 Å². The Balaban J connectivity index is 2.20. The Morgan fingerprint density at radius 3 is 2.58 bits per heavy atom. The monoisotopic (exact) mass is 250 g/mol. The zero-order chi connectivity index (χ0) is 13.8. The molecule has 2 rings (SSSR count). The maximum Gasteiger partial charge on any atom is 0.0991 e. The first-order chi connectivity index (χ1) is 9.10. The molecule has 2 aromatic rings. The van der Waals surface area contributed by atoms with E-state index < -0.39 is 0 Å². The SMILES string of the molecule is Cc1ccc(N(C)Cc2cccc(C#N)c2)c(C)c1. The molecule has 0 aliphatic carbocycles. The minimum atomic E-state index is 0.714. The minimum absolute atomic E-state index is 0.714. The van der Waals surface area contributed by atoms with Crippen LogP contribution in [0.15, 0.2) is 42.5 Å². The number of hydrogen-bond donors (Lipinski definition) is 0. The Morgan fingerprint density at radius 1 is 1.11 bits per heavy atom. The van der Waals surface area contributed by atoms with Crippen LogP contribution in [0.2, 0.25) is 0 Å². The zero-order valence-electron chi connectivity index (χ0n) is 11.6. The predicted molar refractivity (Wildman–Crippen MR) is 79.2 cm³/mol. The first-order valence-corrected chi connectivity index (χ1v) is 6.37. The van der Waals surface area contributed by atoms with Gasteiger partial charge in [-0.1, -0.05) is 29.8 Å². The van der Waals surface area contributed by atoms with Gasteiger partial charge in [0.25, 0.3) is 0 Å². The molecule has 0 heterocycles. The standard InChI is InChI=1S/C17H18N2/c1-13-7-8-17(14(2)9-13)19(3)12-16-6-4-5-15(10-16)11-18/h4-10H,12H2,1-3H3. The van der Waals surface area contributed by atoms with Crippen LogP contribution in [0.1, 0.15) is 22.3 Å². The van der Waals surface area contributed by atoms with Crippen molar-refractivity contribution in [3.05, 3.63) is 64.7 Å². The summed E-state index contributed by atoms with van der Waals surface area (Å²) in [4.78, 5) is 2.21. The molecule has 2 nitrogen and oxygen atoms in total. The van der Waals surface area contributed by atoms with Gasteiger partial charge < -0.3 is 4.90 Å². The van der Waals surface area contributed by atoms with Crippen LogP contribution in [0.4, 0.5) is 5.69 Å². The summed E-state index contributed by atoms with van der Waals surface area (Å²) in [6.07, 6.45) is 0. The van der Waals surface area contributed by atoms with Crippen molar-refractivity contribution in [1.82, 2.24) is 0 Å². The zero-order valence-corrected chi connectivity index (χ0v) is 11.6. The third-order valence-electron chi connectivity index (χ3n) is 3.24. The third-order valence-corrected chi connectivity index (χ3v) is 3.24. The van der Waals surface area contributed by atoms with E-state index in [1.807, 2.05) is 18.2 Å². The molecule has 2 aromatic carbocycles. The van der Waals surface area contributed by atoms with Gasteiger partial charge in [-0.25, -0.2) is 0 Å². The predicted octanol–water partition coefficient (Wildman–Crippen LogP) is 3.81. The summed E-state index contributed by atoms with van der Waals surface area (Å²) in [5.41, 5.74) is 5.65. The van der Waals surface area contributed by atoms with Crippen molar-refractivity contribution in [3.63, 3.8) is 0 Å². The van der Waals surface area contributed by atoms with Gasteiger partial charge in [0, 0.05) is 19.3 Å². The number of rotatable bonds is 3. The van der Waals surface area contributed by atoms with Crippen molar-refractivity contribution >= 4 is 5.69 Å². The van der Waals surface area contributed by atoms with E-state index in [0.717, 1.165) is 12.1 Å². The van der Waals surface area contributed by atoms with Crippen LogP contribution in [-0.4, -0.2) is 7.05 Å². The van der Waals surface area contributed by atoms with E-state index >= 15 is 0 Å². The van der Waals surface area contributed by atoms with Crippen molar-refractivity contribution in [3.8, 4) is 6.07 Å². The first kappa shape index (κ1) is 13.2. The van der Waals surface area contributed by atoms with E-state index in [1.54, 1.807) is 0 Å². The molecule has 96 valence electrons. The normalized spacial score (nSPS) is 10.0. The quantitative estimate of drug-likeness (QED) is 0.828. The highest BCUT2D eigenvalue weighted by Gasteiger charge is 2.06. The highest BCUT2D eigenvalue weighted by molar-refractivity contribution is 5.54. The van der Waals surface area contributed by atoms with E-state index in [0.29, 0.717) is 5.56 Å². The van der Waals surface area contributed by atoms with Gasteiger partial charge in [0.15, 0.2) is 0 Å². The fraction of sp³-hybridized carbons (Fsp3) is 0.235. The van der Waals surface area contributed by atoms with Gasteiger partial charge in [0.1, 0.15) is 0 Å². The largest absolute Gasteiger partial charge is 0.370 e. The summed E-state index contributed by atoms with van der Waals surface area (Å²) >= 11 is 0. The number of hydrogen-bond acceptors (Lipinski definition) is 2. The van der Waals surface area contributed by atoms with Crippen molar-refractivity contribution in [2.45, 2.75) is 20.4 Å². The van der Waals surface area contributed by atoms with Gasteiger partial charge in [-0.05, 0) is 43.2 Å². The molecule has 0 saturated heterocycles. The lowest BCUT2D eigenvalue weighted by molar-refractivity contribution is 0.916. The minimum Gasteiger partial charge on any atom is -0.370 e. The van der Waals surface area contributed by atoms with E-state index in [4.69, 9.17) is 5.26 Å². The molecule has 0 fully saturated rings. The second-order valence-electron chi connectivity index (χ2n) is 4.96. The number of nitrogens with zero attached hydrogens (tertiary/aromatic N) is 2. The molecule has 0 amide bonds. The molecule has 0 spiro atoms. The third kappa shape index (κ3) is 3.14. The molecule has 0 aromatic heterocycles. The molecule has 2 heteroatoms. The Labute approximate surface area is 114 Å². The summed E-state index contributed by atoms with van der Waals surface area (Å²) in [6.45, 7) is 5.04. The summed E-state index contributed by atoms with van der Waals surface area (Å²) in [5, 5.41) is 8.92. The van der Waals surface area contributed by atoms with Crippen LogP contribution >= 0.6 is 0 Å². The van der Waals surface area contributed by atoms with Crippen LogP contribution in [-0.2, 0) is 6.54 Å². The lowest BCUT2D eigenvalue weighted by Gasteiger charge is -2.22. The molecular formula is C17H18N2. The maximum atomic E-state index is 8.92. The van der Waals surface area contributed by atoms with Gasteiger partial charge >= 0.3 is 0 Å². The molecule has 0 aliphatic rings. The molecule has 0 radical (unpaired) electrons. The molecule has 0 bridgehead atoms. The Morgan fingerprint density at radius 2 is 1.89 bits per heavy atom. The molecule has 0 atom stereocenters. The topological polar surface area (TPSA) is 27.0 Å². The summed E-state index contributed by atoms with van der Waals surface area (Å²) < 4.78 is 0. The van der Waals surface area contributed by atoms with Crippen molar-refractivity contribution in [1.29, 1.82) is 5.26 Å². The second kappa shape index (κ2) is 5.58. The van der Waals surface area contributed by atoms with E-state index in [-0.39, 0.29) is 0 Å². The highest BCUT2D eigenvalue weighted by atomic mass is 15.1. The number of benzene rings is 2. The van der Waals surface area contributed by atoms with Gasteiger partial charge in [-0.15, -0.1) is 0 Å². The van der Waals surface area contributed by atoms with Gasteiger partial charge in [0.2, 0.25) is 0 Å².